The highest BCUT2D eigenvalue weighted by Crippen LogP contribution is 2.39. The molecule has 4 rings (SSSR count). The zero-order chi connectivity index (χ0) is 24.1. The molecule has 0 radical (unpaired) electrons. The Labute approximate surface area is 207 Å². The molecule has 0 saturated carbocycles. The summed E-state index contributed by atoms with van der Waals surface area (Å²) in [5.41, 5.74) is 6.54. The molecule has 0 unspecified atom stereocenters. The van der Waals surface area contributed by atoms with E-state index in [4.69, 9.17) is 5.11 Å². The number of hydrogen-bond acceptors (Lipinski definition) is 4. The van der Waals surface area contributed by atoms with Crippen LogP contribution in [0, 0.1) is 0 Å². The first-order valence-electron chi connectivity index (χ1n) is 11.2. The third-order valence-corrected chi connectivity index (χ3v) is 6.12. The SMILES string of the molecule is CCNCc1ccc(NC(=C2C(=O)Nc3cc(Br)ccc32)c2cccc(CCC(=O)O)c2)cc1. The number of anilines is 2. The first kappa shape index (κ1) is 23.7. The highest BCUT2D eigenvalue weighted by atomic mass is 79.9. The van der Waals surface area contributed by atoms with Crippen molar-refractivity contribution >= 4 is 50.5 Å². The maximum absolute atomic E-state index is 13.1. The molecule has 174 valence electrons. The van der Waals surface area contributed by atoms with Crippen molar-refractivity contribution in [3.63, 3.8) is 0 Å². The van der Waals surface area contributed by atoms with Gasteiger partial charge in [-0.2, -0.15) is 0 Å². The van der Waals surface area contributed by atoms with Crippen molar-refractivity contribution in [1.82, 2.24) is 5.32 Å². The van der Waals surface area contributed by atoms with E-state index in [0.717, 1.165) is 45.6 Å². The minimum Gasteiger partial charge on any atom is -0.481 e. The molecule has 34 heavy (non-hydrogen) atoms. The second kappa shape index (κ2) is 10.7. The van der Waals surface area contributed by atoms with Crippen LogP contribution in [0.2, 0.25) is 0 Å². The first-order valence-corrected chi connectivity index (χ1v) is 12.0. The molecule has 7 heteroatoms. The summed E-state index contributed by atoms with van der Waals surface area (Å²) in [6, 6.07) is 21.5. The van der Waals surface area contributed by atoms with Crippen LogP contribution in [0.3, 0.4) is 0 Å². The second-order valence-electron chi connectivity index (χ2n) is 8.09. The number of rotatable bonds is 9. The van der Waals surface area contributed by atoms with E-state index in [0.29, 0.717) is 17.7 Å². The van der Waals surface area contributed by atoms with Crippen molar-refractivity contribution in [3.05, 3.63) is 93.5 Å². The van der Waals surface area contributed by atoms with E-state index in [1.807, 2.05) is 54.6 Å². The number of carboxylic acid groups (broad SMARTS) is 1. The van der Waals surface area contributed by atoms with Crippen LogP contribution in [0.1, 0.15) is 35.6 Å². The summed E-state index contributed by atoms with van der Waals surface area (Å²) in [7, 11) is 0. The quantitative estimate of drug-likeness (QED) is 0.280. The van der Waals surface area contributed by atoms with E-state index in [2.05, 4.69) is 50.9 Å². The molecule has 0 aromatic heterocycles. The molecule has 4 N–H and O–H groups in total. The number of aryl methyl sites for hydroxylation is 1. The Bertz CT molecular complexity index is 1250. The lowest BCUT2D eigenvalue weighted by atomic mass is 9.97. The van der Waals surface area contributed by atoms with Crippen LogP contribution in [0.4, 0.5) is 11.4 Å². The number of aliphatic carboxylic acids is 1. The van der Waals surface area contributed by atoms with Gasteiger partial charge in [0.05, 0.1) is 17.0 Å². The number of carbonyl (C=O) groups excluding carboxylic acids is 1. The van der Waals surface area contributed by atoms with Gasteiger partial charge in [-0.05, 0) is 60.0 Å². The summed E-state index contributed by atoms with van der Waals surface area (Å²) in [5, 5.41) is 18.8. The fourth-order valence-electron chi connectivity index (χ4n) is 3.93. The number of nitrogens with one attached hydrogen (secondary N) is 3. The average molecular weight is 520 g/mol. The van der Waals surface area contributed by atoms with Gasteiger partial charge in [0.15, 0.2) is 0 Å². The van der Waals surface area contributed by atoms with Crippen LogP contribution in [0.25, 0.3) is 11.3 Å². The molecule has 1 heterocycles. The van der Waals surface area contributed by atoms with Crippen LogP contribution in [0.15, 0.2) is 71.2 Å². The maximum atomic E-state index is 13.1. The molecule has 0 aliphatic carbocycles. The van der Waals surface area contributed by atoms with Crippen LogP contribution in [-0.4, -0.2) is 23.5 Å². The van der Waals surface area contributed by atoms with Gasteiger partial charge < -0.3 is 21.1 Å². The van der Waals surface area contributed by atoms with E-state index in [1.165, 1.54) is 5.56 Å². The topological polar surface area (TPSA) is 90.5 Å². The Morgan fingerprint density at radius 3 is 2.56 bits per heavy atom. The van der Waals surface area contributed by atoms with E-state index in [1.54, 1.807) is 0 Å². The highest BCUT2D eigenvalue weighted by molar-refractivity contribution is 9.10. The van der Waals surface area contributed by atoms with Gasteiger partial charge in [0, 0.05) is 28.7 Å². The summed E-state index contributed by atoms with van der Waals surface area (Å²) in [6.45, 7) is 3.77. The van der Waals surface area contributed by atoms with E-state index in [9.17, 15) is 9.59 Å². The largest absolute Gasteiger partial charge is 0.481 e. The average Bonchev–Trinajstić information content (AvgIpc) is 3.15. The Hall–Kier alpha value is -3.42. The number of fused-ring (bicyclic) bond motifs is 1. The monoisotopic (exact) mass is 519 g/mol. The molecule has 0 atom stereocenters. The van der Waals surface area contributed by atoms with Crippen molar-refractivity contribution in [2.45, 2.75) is 26.3 Å². The van der Waals surface area contributed by atoms with E-state index >= 15 is 0 Å². The second-order valence-corrected chi connectivity index (χ2v) is 9.01. The molecule has 0 saturated heterocycles. The highest BCUT2D eigenvalue weighted by Gasteiger charge is 2.28. The molecule has 1 aliphatic heterocycles. The molecular formula is C27H26BrN3O3. The Balaban J connectivity index is 1.77. The third kappa shape index (κ3) is 5.55. The van der Waals surface area contributed by atoms with Crippen molar-refractivity contribution < 1.29 is 14.7 Å². The summed E-state index contributed by atoms with van der Waals surface area (Å²) >= 11 is 3.47. The van der Waals surface area contributed by atoms with Crippen LogP contribution >= 0.6 is 15.9 Å². The molecule has 1 aliphatic rings. The summed E-state index contributed by atoms with van der Waals surface area (Å²) in [6.07, 6.45) is 0.466. The van der Waals surface area contributed by atoms with Crippen LogP contribution in [0.5, 0.6) is 0 Å². The minimum absolute atomic E-state index is 0.0490. The maximum Gasteiger partial charge on any atom is 0.303 e. The van der Waals surface area contributed by atoms with Gasteiger partial charge in [-0.15, -0.1) is 0 Å². The normalized spacial score (nSPS) is 13.9. The molecule has 3 aromatic carbocycles. The fraction of sp³-hybridized carbons (Fsp3) is 0.185. The first-order chi connectivity index (χ1) is 16.4. The number of hydrogen-bond donors (Lipinski definition) is 4. The Morgan fingerprint density at radius 2 is 1.82 bits per heavy atom. The zero-order valence-corrected chi connectivity index (χ0v) is 20.4. The summed E-state index contributed by atoms with van der Waals surface area (Å²) in [5.74, 6) is -1.02. The minimum atomic E-state index is -0.838. The molecule has 0 bridgehead atoms. The lowest BCUT2D eigenvalue weighted by molar-refractivity contribution is -0.137. The standard InChI is InChI=1S/C27H26BrN3O3/c1-2-29-16-18-6-10-21(11-7-18)30-26(19-5-3-4-17(14-19)8-13-24(32)33)25-22-12-9-20(28)15-23(22)31-27(25)34/h3-7,9-12,14-15,29-30H,2,8,13,16H2,1H3,(H,31,34)(H,32,33). The van der Waals surface area contributed by atoms with Gasteiger partial charge in [-0.3, -0.25) is 9.59 Å². The number of halogens is 1. The molecule has 0 fully saturated rings. The van der Waals surface area contributed by atoms with Crippen molar-refractivity contribution in [2.75, 3.05) is 17.2 Å². The van der Waals surface area contributed by atoms with E-state index in [-0.39, 0.29) is 12.3 Å². The summed E-state index contributed by atoms with van der Waals surface area (Å²) in [4.78, 5) is 24.2. The molecule has 3 aromatic rings. The predicted octanol–water partition coefficient (Wildman–Crippen LogP) is 5.51. The molecule has 6 nitrogen and oxygen atoms in total. The fourth-order valence-corrected chi connectivity index (χ4v) is 4.29. The van der Waals surface area contributed by atoms with E-state index < -0.39 is 5.97 Å². The molecular weight excluding hydrogens is 494 g/mol. The number of amides is 1. The van der Waals surface area contributed by atoms with Gasteiger partial charge in [-0.1, -0.05) is 59.3 Å². The van der Waals surface area contributed by atoms with Crippen molar-refractivity contribution in [1.29, 1.82) is 0 Å². The molecule has 0 spiro atoms. The van der Waals surface area contributed by atoms with Gasteiger partial charge in [0.25, 0.3) is 5.91 Å². The smallest absolute Gasteiger partial charge is 0.303 e. The zero-order valence-electron chi connectivity index (χ0n) is 18.8. The van der Waals surface area contributed by atoms with Crippen molar-refractivity contribution in [2.24, 2.45) is 0 Å². The number of carboxylic acids is 1. The van der Waals surface area contributed by atoms with Crippen LogP contribution < -0.4 is 16.0 Å². The Morgan fingerprint density at radius 1 is 1.03 bits per heavy atom. The number of benzene rings is 3. The van der Waals surface area contributed by atoms with Crippen LogP contribution in [-0.2, 0) is 22.6 Å². The van der Waals surface area contributed by atoms with Gasteiger partial charge >= 0.3 is 5.97 Å². The predicted molar refractivity (Wildman–Crippen MR) is 139 cm³/mol. The molecule has 1 amide bonds. The van der Waals surface area contributed by atoms with Gasteiger partial charge in [-0.25, -0.2) is 0 Å². The lowest BCUT2D eigenvalue weighted by Crippen LogP contribution is -2.12. The Kier molecular flexibility index (Phi) is 7.45. The summed E-state index contributed by atoms with van der Waals surface area (Å²) < 4.78 is 0.884. The lowest BCUT2D eigenvalue weighted by Gasteiger charge is -2.16. The van der Waals surface area contributed by atoms with Crippen molar-refractivity contribution in [3.8, 4) is 0 Å². The number of carbonyl (C=O) groups is 2. The van der Waals surface area contributed by atoms with Gasteiger partial charge in [0.2, 0.25) is 0 Å². The third-order valence-electron chi connectivity index (χ3n) is 5.62. The van der Waals surface area contributed by atoms with Gasteiger partial charge in [0.1, 0.15) is 0 Å².